The first-order valence-corrected chi connectivity index (χ1v) is 4.33. The van der Waals surface area contributed by atoms with Crippen molar-refractivity contribution in [2.45, 2.75) is 6.92 Å². The second kappa shape index (κ2) is 3.35. The van der Waals surface area contributed by atoms with Crippen molar-refractivity contribution in [3.63, 3.8) is 0 Å². The molecule has 3 nitrogen and oxygen atoms in total. The van der Waals surface area contributed by atoms with Crippen molar-refractivity contribution in [1.29, 1.82) is 5.26 Å². The first kappa shape index (κ1) is 8.52. The number of rotatable bonds is 1. The molecule has 1 aromatic heterocycles. The molecule has 0 radical (unpaired) electrons. The number of H-pyrrole nitrogens is 1. The van der Waals surface area contributed by atoms with Crippen LogP contribution in [0.3, 0.4) is 0 Å². The van der Waals surface area contributed by atoms with E-state index in [4.69, 9.17) is 5.26 Å². The van der Waals surface area contributed by atoms with Gasteiger partial charge in [-0.1, -0.05) is 30.3 Å². The molecule has 3 heteroatoms. The molecule has 68 valence electrons. The summed E-state index contributed by atoms with van der Waals surface area (Å²) in [6, 6.07) is 11.8. The average Bonchev–Trinajstić information content (AvgIpc) is 2.61. The fourth-order valence-corrected chi connectivity index (χ4v) is 1.37. The van der Waals surface area contributed by atoms with Crippen LogP contribution in [0.25, 0.3) is 11.3 Å². The van der Waals surface area contributed by atoms with Gasteiger partial charge in [-0.25, -0.2) is 0 Å². The molecule has 0 aliphatic rings. The Morgan fingerprint density at radius 2 is 2.00 bits per heavy atom. The molecule has 0 atom stereocenters. The second-order valence-electron chi connectivity index (χ2n) is 3.05. The Labute approximate surface area is 82.0 Å². The van der Waals surface area contributed by atoms with Crippen LogP contribution in [-0.2, 0) is 0 Å². The molecular weight excluding hydrogens is 174 g/mol. The van der Waals surface area contributed by atoms with Crippen LogP contribution in [0.1, 0.15) is 11.3 Å². The molecule has 0 spiro atoms. The van der Waals surface area contributed by atoms with Gasteiger partial charge in [-0.3, -0.25) is 5.10 Å². The number of nitriles is 1. The smallest absolute Gasteiger partial charge is 0.110 e. The summed E-state index contributed by atoms with van der Waals surface area (Å²) >= 11 is 0. The number of nitrogens with one attached hydrogen (secondary N) is 1. The third kappa shape index (κ3) is 1.27. The number of hydrogen-bond donors (Lipinski definition) is 1. The van der Waals surface area contributed by atoms with Gasteiger partial charge in [-0.15, -0.1) is 0 Å². The van der Waals surface area contributed by atoms with Crippen LogP contribution in [0.15, 0.2) is 30.3 Å². The van der Waals surface area contributed by atoms with Crippen molar-refractivity contribution in [2.24, 2.45) is 0 Å². The molecule has 1 N–H and O–H groups in total. The van der Waals surface area contributed by atoms with Crippen LogP contribution in [0.4, 0.5) is 0 Å². The highest BCUT2D eigenvalue weighted by atomic mass is 15.1. The Hall–Kier alpha value is -2.08. The molecule has 0 saturated heterocycles. The van der Waals surface area contributed by atoms with E-state index in [1.54, 1.807) is 0 Å². The summed E-state index contributed by atoms with van der Waals surface area (Å²) in [5.41, 5.74) is 3.13. The van der Waals surface area contributed by atoms with Crippen LogP contribution in [0.5, 0.6) is 0 Å². The predicted octanol–water partition coefficient (Wildman–Crippen LogP) is 2.26. The average molecular weight is 183 g/mol. The molecule has 0 unspecified atom stereocenters. The first-order chi connectivity index (χ1) is 6.83. The Morgan fingerprint density at radius 3 is 2.64 bits per heavy atom. The summed E-state index contributed by atoms with van der Waals surface area (Å²) in [6.07, 6.45) is 0. The largest absolute Gasteiger partial charge is 0.281 e. The lowest BCUT2D eigenvalue weighted by molar-refractivity contribution is 1.05. The van der Waals surface area contributed by atoms with Crippen LogP contribution in [0.2, 0.25) is 0 Å². The van der Waals surface area contributed by atoms with E-state index in [0.29, 0.717) is 5.56 Å². The minimum Gasteiger partial charge on any atom is -0.281 e. The lowest BCUT2D eigenvalue weighted by atomic mass is 10.1. The monoisotopic (exact) mass is 183 g/mol. The summed E-state index contributed by atoms with van der Waals surface area (Å²) in [4.78, 5) is 0. The molecule has 14 heavy (non-hydrogen) atoms. The number of aryl methyl sites for hydroxylation is 1. The van der Waals surface area contributed by atoms with E-state index < -0.39 is 0 Å². The van der Waals surface area contributed by atoms with Crippen LogP contribution in [0, 0.1) is 18.3 Å². The van der Waals surface area contributed by atoms with Gasteiger partial charge in [-0.2, -0.15) is 10.4 Å². The topological polar surface area (TPSA) is 52.5 Å². The summed E-state index contributed by atoms with van der Waals surface area (Å²) < 4.78 is 0. The molecule has 0 saturated carbocycles. The Bertz CT molecular complexity index is 477. The van der Waals surface area contributed by atoms with Gasteiger partial charge in [0, 0.05) is 5.56 Å². The van der Waals surface area contributed by atoms with Gasteiger partial charge >= 0.3 is 0 Å². The Morgan fingerprint density at radius 1 is 1.29 bits per heavy atom. The van der Waals surface area contributed by atoms with E-state index in [-0.39, 0.29) is 0 Å². The molecule has 0 amide bonds. The van der Waals surface area contributed by atoms with E-state index in [9.17, 15) is 0 Å². The fourth-order valence-electron chi connectivity index (χ4n) is 1.37. The minimum atomic E-state index is 0.621. The van der Waals surface area contributed by atoms with Crippen molar-refractivity contribution >= 4 is 0 Å². The molecule has 0 bridgehead atoms. The highest BCUT2D eigenvalue weighted by Crippen LogP contribution is 2.21. The van der Waals surface area contributed by atoms with Crippen LogP contribution < -0.4 is 0 Å². The maximum atomic E-state index is 8.94. The maximum absolute atomic E-state index is 8.94. The highest BCUT2D eigenvalue weighted by Gasteiger charge is 2.10. The zero-order valence-corrected chi connectivity index (χ0v) is 7.78. The lowest BCUT2D eigenvalue weighted by Crippen LogP contribution is -1.81. The normalized spacial score (nSPS) is 9.71. The van der Waals surface area contributed by atoms with Crippen molar-refractivity contribution in [1.82, 2.24) is 10.2 Å². The molecule has 2 aromatic rings. The van der Waals surface area contributed by atoms with Gasteiger partial charge in [0.25, 0.3) is 0 Å². The number of aromatic amines is 1. The fraction of sp³-hybridized carbons (Fsp3) is 0.0909. The maximum Gasteiger partial charge on any atom is 0.110 e. The minimum absolute atomic E-state index is 0.621. The number of hydrogen-bond acceptors (Lipinski definition) is 2. The second-order valence-corrected chi connectivity index (χ2v) is 3.05. The predicted molar refractivity (Wildman–Crippen MR) is 53.5 cm³/mol. The SMILES string of the molecule is Cc1[nH]nc(-c2ccccc2)c1C#N. The summed E-state index contributed by atoms with van der Waals surface area (Å²) in [6.45, 7) is 1.85. The van der Waals surface area contributed by atoms with Crippen molar-refractivity contribution < 1.29 is 0 Å². The lowest BCUT2D eigenvalue weighted by Gasteiger charge is -1.95. The summed E-state index contributed by atoms with van der Waals surface area (Å²) in [5, 5.41) is 15.9. The van der Waals surface area contributed by atoms with Gasteiger partial charge < -0.3 is 0 Å². The van der Waals surface area contributed by atoms with Crippen molar-refractivity contribution in [2.75, 3.05) is 0 Å². The zero-order chi connectivity index (χ0) is 9.97. The van der Waals surface area contributed by atoms with Crippen molar-refractivity contribution in [3.8, 4) is 17.3 Å². The van der Waals surface area contributed by atoms with E-state index in [2.05, 4.69) is 16.3 Å². The first-order valence-electron chi connectivity index (χ1n) is 4.33. The van der Waals surface area contributed by atoms with E-state index in [1.807, 2.05) is 37.3 Å². The van der Waals surface area contributed by atoms with Gasteiger partial charge in [0.05, 0.1) is 5.69 Å². The molecule has 1 aromatic carbocycles. The van der Waals surface area contributed by atoms with E-state index in [1.165, 1.54) is 0 Å². The molecule has 0 aliphatic heterocycles. The van der Waals surface area contributed by atoms with E-state index in [0.717, 1.165) is 17.0 Å². The molecule has 1 heterocycles. The van der Waals surface area contributed by atoms with Gasteiger partial charge in [0.1, 0.15) is 17.3 Å². The number of nitrogens with zero attached hydrogens (tertiary/aromatic N) is 2. The van der Waals surface area contributed by atoms with Gasteiger partial charge in [0.2, 0.25) is 0 Å². The van der Waals surface area contributed by atoms with Gasteiger partial charge in [0.15, 0.2) is 0 Å². The molecule has 2 rings (SSSR count). The number of benzene rings is 1. The van der Waals surface area contributed by atoms with Crippen LogP contribution in [-0.4, -0.2) is 10.2 Å². The van der Waals surface area contributed by atoms with Gasteiger partial charge in [-0.05, 0) is 6.92 Å². The highest BCUT2D eigenvalue weighted by molar-refractivity contribution is 5.67. The number of aromatic nitrogens is 2. The van der Waals surface area contributed by atoms with Crippen LogP contribution >= 0.6 is 0 Å². The quantitative estimate of drug-likeness (QED) is 0.737. The standard InChI is InChI=1S/C11H9N3/c1-8-10(7-12)11(14-13-8)9-5-3-2-4-6-9/h2-6H,1H3,(H,13,14). The third-order valence-electron chi connectivity index (χ3n) is 2.11. The Balaban J connectivity index is 2.59. The summed E-state index contributed by atoms with van der Waals surface area (Å²) in [7, 11) is 0. The Kier molecular flexibility index (Phi) is 2.04. The zero-order valence-electron chi connectivity index (χ0n) is 7.78. The molecule has 0 aliphatic carbocycles. The molecular formula is C11H9N3. The summed E-state index contributed by atoms with van der Waals surface area (Å²) in [5.74, 6) is 0. The van der Waals surface area contributed by atoms with Crippen molar-refractivity contribution in [3.05, 3.63) is 41.6 Å². The third-order valence-corrected chi connectivity index (χ3v) is 2.11. The molecule has 0 fully saturated rings. The van der Waals surface area contributed by atoms with E-state index >= 15 is 0 Å².